The molecule has 0 radical (unpaired) electrons. The van der Waals surface area contributed by atoms with E-state index < -0.39 is 11.4 Å². The zero-order chi connectivity index (χ0) is 25.3. The van der Waals surface area contributed by atoms with Crippen molar-refractivity contribution in [2.75, 3.05) is 0 Å². The molecule has 1 aromatic heterocycles. The van der Waals surface area contributed by atoms with Gasteiger partial charge in [0.05, 0.1) is 5.41 Å². The molecule has 35 heavy (non-hydrogen) atoms. The zero-order valence-corrected chi connectivity index (χ0v) is 22.0. The van der Waals surface area contributed by atoms with Gasteiger partial charge < -0.3 is 9.67 Å². The minimum Gasteiger partial charge on any atom is -0.481 e. The van der Waals surface area contributed by atoms with Crippen LogP contribution >= 0.6 is 11.6 Å². The summed E-state index contributed by atoms with van der Waals surface area (Å²) in [4.78, 5) is 26.3. The number of hydrogen-bond acceptors (Lipinski definition) is 2. The van der Waals surface area contributed by atoms with E-state index >= 15 is 0 Å². The predicted molar refractivity (Wildman–Crippen MR) is 143 cm³/mol. The van der Waals surface area contributed by atoms with Crippen molar-refractivity contribution >= 4 is 34.3 Å². The molecule has 5 heteroatoms. The van der Waals surface area contributed by atoms with Gasteiger partial charge in [-0.15, -0.1) is 0 Å². The van der Waals surface area contributed by atoms with Gasteiger partial charge in [-0.25, -0.2) is 0 Å². The molecule has 4 rings (SSSR count). The van der Waals surface area contributed by atoms with Gasteiger partial charge in [0.1, 0.15) is 0 Å². The number of aliphatic carboxylic acids is 1. The molecule has 0 amide bonds. The third-order valence-electron chi connectivity index (χ3n) is 7.53. The van der Waals surface area contributed by atoms with Crippen LogP contribution in [0, 0.1) is 11.3 Å². The number of halogens is 1. The number of rotatable bonds is 8. The fraction of sp³-hybridized carbons (Fsp3) is 0.467. The van der Waals surface area contributed by atoms with Crippen LogP contribution in [0.1, 0.15) is 92.9 Å². The van der Waals surface area contributed by atoms with Gasteiger partial charge in [-0.3, -0.25) is 9.59 Å². The topological polar surface area (TPSA) is 59.3 Å². The number of Topliss-reactive ketones (excluding diaryl/α,β-unsaturated/α-hetero) is 1. The van der Waals surface area contributed by atoms with Crippen LogP contribution in [0.4, 0.5) is 0 Å². The minimum absolute atomic E-state index is 0.00716. The van der Waals surface area contributed by atoms with Crippen molar-refractivity contribution in [1.82, 2.24) is 4.57 Å². The molecule has 2 aromatic carbocycles. The van der Waals surface area contributed by atoms with Gasteiger partial charge in [0, 0.05) is 46.1 Å². The Morgan fingerprint density at radius 3 is 2.31 bits per heavy atom. The highest BCUT2D eigenvalue weighted by molar-refractivity contribution is 6.30. The van der Waals surface area contributed by atoms with Gasteiger partial charge >= 0.3 is 5.97 Å². The number of hydrogen-bond donors (Lipinski definition) is 1. The fourth-order valence-electron chi connectivity index (χ4n) is 5.26. The number of nitrogens with zero attached hydrogens (tertiary/aromatic N) is 1. The Bertz CT molecular complexity index is 1230. The third kappa shape index (κ3) is 5.33. The number of carbonyl (C=O) groups is 2. The highest BCUT2D eigenvalue weighted by atomic mass is 35.5. The molecule has 1 fully saturated rings. The standard InChI is InChI=1S/C30H36ClNO3/c1-19(2)22-12-15-25-24(16-22)27(28(33)21-8-6-5-7-9-21)26(17-30(3,4)29(34)35)32(25)18-20-10-13-23(31)14-11-20/h10-16,19,21H,5-9,17-18H2,1-4H3,(H,34,35). The first kappa shape index (κ1) is 25.5. The van der Waals surface area contributed by atoms with E-state index in [1.54, 1.807) is 13.8 Å². The number of ketones is 1. The Hall–Kier alpha value is -2.59. The van der Waals surface area contributed by atoms with Crippen molar-refractivity contribution in [1.29, 1.82) is 0 Å². The minimum atomic E-state index is -1.01. The highest BCUT2D eigenvalue weighted by Crippen LogP contribution is 2.38. The summed E-state index contributed by atoms with van der Waals surface area (Å²) in [6.07, 6.45) is 5.44. The van der Waals surface area contributed by atoms with E-state index in [9.17, 15) is 14.7 Å². The molecule has 1 N–H and O–H groups in total. The van der Waals surface area contributed by atoms with E-state index in [4.69, 9.17) is 11.6 Å². The summed E-state index contributed by atoms with van der Waals surface area (Å²) in [6.45, 7) is 8.35. The molecule has 0 saturated heterocycles. The summed E-state index contributed by atoms with van der Waals surface area (Å²) in [6, 6.07) is 14.1. The number of benzene rings is 2. The average molecular weight is 494 g/mol. The first-order valence-electron chi connectivity index (χ1n) is 12.8. The van der Waals surface area contributed by atoms with Crippen LogP contribution < -0.4 is 0 Å². The quantitative estimate of drug-likeness (QED) is 0.324. The van der Waals surface area contributed by atoms with Crippen molar-refractivity contribution in [3.05, 3.63) is 69.9 Å². The molecule has 3 aromatic rings. The molecule has 4 nitrogen and oxygen atoms in total. The summed E-state index contributed by atoms with van der Waals surface area (Å²) in [5.41, 5.74) is 3.79. The van der Waals surface area contributed by atoms with Crippen LogP contribution in [0.3, 0.4) is 0 Å². The van der Waals surface area contributed by atoms with Crippen LogP contribution in [-0.4, -0.2) is 21.4 Å². The second kappa shape index (κ2) is 10.2. The second-order valence-corrected chi connectivity index (χ2v) is 11.5. The monoisotopic (exact) mass is 493 g/mol. The normalized spacial score (nSPS) is 15.1. The SMILES string of the molecule is CC(C)c1ccc2c(c1)c(C(=O)C1CCCCC1)c(CC(C)(C)C(=O)O)n2Cc1ccc(Cl)cc1. The van der Waals surface area contributed by atoms with Crippen molar-refractivity contribution in [3.8, 4) is 0 Å². The largest absolute Gasteiger partial charge is 0.481 e. The molecule has 186 valence electrons. The summed E-state index contributed by atoms with van der Waals surface area (Å²) in [5, 5.41) is 11.6. The maximum Gasteiger partial charge on any atom is 0.309 e. The molecular formula is C30H36ClNO3. The van der Waals surface area contributed by atoms with Gasteiger partial charge in [0.25, 0.3) is 0 Å². The molecule has 1 aliphatic carbocycles. The lowest BCUT2D eigenvalue weighted by atomic mass is 9.80. The van der Waals surface area contributed by atoms with Crippen LogP contribution in [0.25, 0.3) is 10.9 Å². The van der Waals surface area contributed by atoms with Gasteiger partial charge in [-0.1, -0.05) is 62.9 Å². The molecule has 0 bridgehead atoms. The van der Waals surface area contributed by atoms with E-state index in [1.807, 2.05) is 24.3 Å². The van der Waals surface area contributed by atoms with E-state index in [0.29, 0.717) is 17.5 Å². The molecule has 0 aliphatic heterocycles. The maximum atomic E-state index is 14.1. The van der Waals surface area contributed by atoms with Gasteiger partial charge in [-0.2, -0.15) is 0 Å². The first-order chi connectivity index (χ1) is 16.6. The molecular weight excluding hydrogens is 458 g/mol. The maximum absolute atomic E-state index is 14.1. The summed E-state index contributed by atoms with van der Waals surface area (Å²) in [7, 11) is 0. The lowest BCUT2D eigenvalue weighted by Gasteiger charge is -2.24. The number of carbonyl (C=O) groups excluding carboxylic acids is 1. The fourth-order valence-corrected chi connectivity index (χ4v) is 5.39. The number of carboxylic acid groups (broad SMARTS) is 1. The summed E-state index contributed by atoms with van der Waals surface area (Å²) < 4.78 is 2.17. The van der Waals surface area contributed by atoms with Crippen LogP contribution in [0.2, 0.25) is 5.02 Å². The lowest BCUT2D eigenvalue weighted by Crippen LogP contribution is -2.29. The summed E-state index contributed by atoms with van der Waals surface area (Å²) >= 11 is 6.12. The number of carboxylic acids is 1. The van der Waals surface area contributed by atoms with Gasteiger partial charge in [-0.05, 0) is 68.0 Å². The lowest BCUT2D eigenvalue weighted by molar-refractivity contribution is -0.146. The zero-order valence-electron chi connectivity index (χ0n) is 21.2. The molecule has 1 heterocycles. The molecule has 0 unspecified atom stereocenters. The van der Waals surface area contributed by atoms with E-state index in [-0.39, 0.29) is 18.1 Å². The number of aromatic nitrogens is 1. The van der Waals surface area contributed by atoms with Gasteiger partial charge in [0.15, 0.2) is 5.78 Å². The summed E-state index contributed by atoms with van der Waals surface area (Å²) in [5.74, 6) is -0.343. The molecule has 1 aliphatic rings. The van der Waals surface area contributed by atoms with Crippen molar-refractivity contribution in [2.45, 2.75) is 78.7 Å². The second-order valence-electron chi connectivity index (χ2n) is 11.0. The van der Waals surface area contributed by atoms with Crippen molar-refractivity contribution < 1.29 is 14.7 Å². The van der Waals surface area contributed by atoms with Crippen LogP contribution in [-0.2, 0) is 17.8 Å². The van der Waals surface area contributed by atoms with E-state index in [1.165, 1.54) is 12.0 Å². The Balaban J connectivity index is 1.96. The van der Waals surface area contributed by atoms with Crippen LogP contribution in [0.15, 0.2) is 42.5 Å². The van der Waals surface area contributed by atoms with E-state index in [0.717, 1.165) is 53.4 Å². The smallest absolute Gasteiger partial charge is 0.309 e. The third-order valence-corrected chi connectivity index (χ3v) is 7.78. The highest BCUT2D eigenvalue weighted by Gasteiger charge is 2.35. The Kier molecular flexibility index (Phi) is 7.42. The van der Waals surface area contributed by atoms with Gasteiger partial charge in [0.2, 0.25) is 0 Å². The molecule has 1 saturated carbocycles. The Labute approximate surface area is 213 Å². The van der Waals surface area contributed by atoms with Crippen molar-refractivity contribution in [3.63, 3.8) is 0 Å². The molecule has 0 spiro atoms. The Morgan fingerprint density at radius 2 is 1.71 bits per heavy atom. The first-order valence-corrected chi connectivity index (χ1v) is 13.1. The van der Waals surface area contributed by atoms with Crippen LogP contribution in [0.5, 0.6) is 0 Å². The average Bonchev–Trinajstić information content (AvgIpc) is 3.12. The Morgan fingerprint density at radius 1 is 1.06 bits per heavy atom. The van der Waals surface area contributed by atoms with E-state index in [2.05, 4.69) is 36.6 Å². The van der Waals surface area contributed by atoms with Crippen molar-refractivity contribution in [2.24, 2.45) is 11.3 Å². The number of fused-ring (bicyclic) bond motifs is 1. The predicted octanol–water partition coefficient (Wildman–Crippen LogP) is 7.88. The molecule has 0 atom stereocenters.